The summed E-state index contributed by atoms with van der Waals surface area (Å²) in [6.07, 6.45) is 2.28. The lowest BCUT2D eigenvalue weighted by Crippen LogP contribution is -2.39. The molecule has 1 saturated heterocycles. The zero-order valence-corrected chi connectivity index (χ0v) is 11.2. The van der Waals surface area contributed by atoms with Crippen molar-refractivity contribution in [2.45, 2.75) is 12.8 Å². The van der Waals surface area contributed by atoms with Crippen molar-refractivity contribution in [2.24, 2.45) is 5.92 Å². The largest absolute Gasteiger partial charge is 0.399 e. The Kier molecular flexibility index (Phi) is 4.37. The van der Waals surface area contributed by atoms with Gasteiger partial charge in [0.05, 0.1) is 0 Å². The molecule has 1 unspecified atom stereocenters. The van der Waals surface area contributed by atoms with E-state index in [0.717, 1.165) is 25.9 Å². The van der Waals surface area contributed by atoms with Gasteiger partial charge in [0.2, 0.25) is 0 Å². The number of nitrogens with one attached hydrogen (secondary N) is 1. The third-order valence-corrected chi connectivity index (χ3v) is 3.46. The maximum atomic E-state index is 13.2. The van der Waals surface area contributed by atoms with Gasteiger partial charge in [-0.25, -0.2) is 4.39 Å². The average Bonchev–Trinajstić information content (AvgIpc) is 2.35. The maximum Gasteiger partial charge on any atom is 0.251 e. The summed E-state index contributed by atoms with van der Waals surface area (Å²) in [4.78, 5) is 14.2. The summed E-state index contributed by atoms with van der Waals surface area (Å²) < 4.78 is 13.2. The molecule has 5 heteroatoms. The fourth-order valence-corrected chi connectivity index (χ4v) is 2.52. The number of amides is 1. The molecule has 0 radical (unpaired) electrons. The number of benzene rings is 1. The molecule has 1 fully saturated rings. The van der Waals surface area contributed by atoms with Gasteiger partial charge in [-0.2, -0.15) is 0 Å². The van der Waals surface area contributed by atoms with Gasteiger partial charge in [-0.1, -0.05) is 0 Å². The molecule has 0 bridgehead atoms. The van der Waals surface area contributed by atoms with Crippen LogP contribution in [0.1, 0.15) is 23.2 Å². The lowest BCUT2D eigenvalue weighted by molar-refractivity contribution is 0.0936. The number of nitrogens with zero attached hydrogens (tertiary/aromatic N) is 1. The first-order chi connectivity index (χ1) is 9.04. The summed E-state index contributed by atoms with van der Waals surface area (Å²) >= 11 is 0. The van der Waals surface area contributed by atoms with Crippen LogP contribution in [0.15, 0.2) is 18.2 Å². The van der Waals surface area contributed by atoms with Gasteiger partial charge in [-0.05, 0) is 50.6 Å². The summed E-state index contributed by atoms with van der Waals surface area (Å²) in [5.41, 5.74) is 6.07. The molecule has 1 heterocycles. The molecule has 3 N–H and O–H groups in total. The van der Waals surface area contributed by atoms with Crippen molar-refractivity contribution >= 4 is 11.6 Å². The van der Waals surface area contributed by atoms with Crippen LogP contribution in [-0.4, -0.2) is 37.5 Å². The number of hydrogen-bond donors (Lipinski definition) is 2. The number of hydrogen-bond acceptors (Lipinski definition) is 3. The van der Waals surface area contributed by atoms with Gasteiger partial charge in [-0.3, -0.25) is 4.79 Å². The van der Waals surface area contributed by atoms with Crippen molar-refractivity contribution in [3.63, 3.8) is 0 Å². The Morgan fingerprint density at radius 1 is 1.53 bits per heavy atom. The molecule has 0 spiro atoms. The first-order valence-electron chi connectivity index (χ1n) is 6.57. The molecule has 1 aliphatic rings. The quantitative estimate of drug-likeness (QED) is 0.814. The van der Waals surface area contributed by atoms with E-state index in [4.69, 9.17) is 5.73 Å². The predicted octanol–water partition coefficient (Wildman–Crippen LogP) is 1.48. The van der Waals surface area contributed by atoms with Crippen molar-refractivity contribution in [3.05, 3.63) is 29.6 Å². The van der Waals surface area contributed by atoms with Gasteiger partial charge in [-0.15, -0.1) is 0 Å². The van der Waals surface area contributed by atoms with Gasteiger partial charge >= 0.3 is 0 Å². The number of carbonyl (C=O) groups excluding carboxylic acids is 1. The summed E-state index contributed by atoms with van der Waals surface area (Å²) in [5, 5.41) is 2.86. The van der Waals surface area contributed by atoms with Crippen LogP contribution < -0.4 is 11.1 Å². The lowest BCUT2D eigenvalue weighted by atomic mass is 9.98. The van der Waals surface area contributed by atoms with Crippen LogP contribution in [0, 0.1) is 11.7 Å². The molecule has 19 heavy (non-hydrogen) atoms. The summed E-state index contributed by atoms with van der Waals surface area (Å²) in [6, 6.07) is 3.90. The molecular weight excluding hydrogens is 245 g/mol. The number of likely N-dealkylation sites (tertiary alicyclic amines) is 1. The Balaban J connectivity index is 1.90. The zero-order chi connectivity index (χ0) is 13.8. The number of rotatable bonds is 3. The van der Waals surface area contributed by atoms with Gasteiger partial charge in [0.1, 0.15) is 5.82 Å². The number of carbonyl (C=O) groups is 1. The van der Waals surface area contributed by atoms with Crippen LogP contribution in [0.25, 0.3) is 0 Å². The fraction of sp³-hybridized carbons (Fsp3) is 0.500. The van der Waals surface area contributed by atoms with E-state index in [1.807, 2.05) is 0 Å². The van der Waals surface area contributed by atoms with Crippen molar-refractivity contribution in [1.29, 1.82) is 0 Å². The molecule has 1 aliphatic heterocycles. The van der Waals surface area contributed by atoms with Crippen molar-refractivity contribution in [1.82, 2.24) is 10.2 Å². The zero-order valence-electron chi connectivity index (χ0n) is 11.2. The number of halogens is 1. The highest BCUT2D eigenvalue weighted by Gasteiger charge is 2.18. The molecule has 1 atom stereocenters. The summed E-state index contributed by atoms with van der Waals surface area (Å²) in [6.45, 7) is 2.73. The normalized spacial score (nSPS) is 20.2. The Morgan fingerprint density at radius 2 is 2.32 bits per heavy atom. The number of nitrogen functional groups attached to an aromatic ring is 1. The van der Waals surface area contributed by atoms with Crippen molar-refractivity contribution in [2.75, 3.05) is 32.4 Å². The highest BCUT2D eigenvalue weighted by molar-refractivity contribution is 5.95. The van der Waals surface area contributed by atoms with E-state index in [-0.39, 0.29) is 17.2 Å². The van der Waals surface area contributed by atoms with Crippen LogP contribution in [0.5, 0.6) is 0 Å². The Morgan fingerprint density at radius 3 is 3.00 bits per heavy atom. The topological polar surface area (TPSA) is 58.4 Å². The van der Waals surface area contributed by atoms with E-state index < -0.39 is 5.82 Å². The van der Waals surface area contributed by atoms with E-state index in [0.29, 0.717) is 12.5 Å². The molecule has 0 aromatic heterocycles. The third-order valence-electron chi connectivity index (χ3n) is 3.46. The molecule has 4 nitrogen and oxygen atoms in total. The standard InChI is InChI=1S/C14H20FN3O/c1-18-4-2-3-10(9-18)8-17-14(19)11-5-12(15)7-13(16)6-11/h5-7,10H,2-4,8-9,16H2,1H3,(H,17,19). The third kappa shape index (κ3) is 3.92. The monoisotopic (exact) mass is 265 g/mol. The number of piperidine rings is 1. The minimum absolute atomic E-state index is 0.264. The second-order valence-electron chi connectivity index (χ2n) is 5.25. The average molecular weight is 265 g/mol. The molecule has 0 aliphatic carbocycles. The Hall–Kier alpha value is -1.62. The van der Waals surface area contributed by atoms with E-state index >= 15 is 0 Å². The SMILES string of the molecule is CN1CCCC(CNC(=O)c2cc(N)cc(F)c2)C1. The van der Waals surface area contributed by atoms with E-state index in [9.17, 15) is 9.18 Å². The highest BCUT2D eigenvalue weighted by atomic mass is 19.1. The number of anilines is 1. The Bertz CT molecular complexity index is 444. The second kappa shape index (κ2) is 6.02. The predicted molar refractivity (Wildman–Crippen MR) is 73.4 cm³/mol. The van der Waals surface area contributed by atoms with Gasteiger partial charge in [0, 0.05) is 24.3 Å². The van der Waals surface area contributed by atoms with Gasteiger partial charge in [0.25, 0.3) is 5.91 Å². The van der Waals surface area contributed by atoms with Crippen LogP contribution in [-0.2, 0) is 0 Å². The number of nitrogens with two attached hydrogens (primary N) is 1. The molecule has 1 aromatic rings. The molecule has 104 valence electrons. The van der Waals surface area contributed by atoms with Gasteiger partial charge < -0.3 is 16.0 Å². The molecule has 1 amide bonds. The smallest absolute Gasteiger partial charge is 0.251 e. The van der Waals surface area contributed by atoms with Crippen molar-refractivity contribution < 1.29 is 9.18 Å². The first-order valence-corrected chi connectivity index (χ1v) is 6.57. The molecule has 1 aromatic carbocycles. The van der Waals surface area contributed by atoms with Crippen LogP contribution in [0.4, 0.5) is 10.1 Å². The summed E-state index contributed by atoms with van der Waals surface area (Å²) in [5.74, 6) is -0.282. The molecule has 2 rings (SSSR count). The van der Waals surface area contributed by atoms with Crippen LogP contribution in [0.3, 0.4) is 0 Å². The van der Waals surface area contributed by atoms with E-state index in [1.165, 1.54) is 18.2 Å². The fourth-order valence-electron chi connectivity index (χ4n) is 2.52. The molecule has 0 saturated carbocycles. The first kappa shape index (κ1) is 13.8. The van der Waals surface area contributed by atoms with E-state index in [2.05, 4.69) is 17.3 Å². The highest BCUT2D eigenvalue weighted by Crippen LogP contribution is 2.15. The van der Waals surface area contributed by atoms with E-state index in [1.54, 1.807) is 0 Å². The van der Waals surface area contributed by atoms with Crippen LogP contribution >= 0.6 is 0 Å². The van der Waals surface area contributed by atoms with Gasteiger partial charge in [0.15, 0.2) is 0 Å². The lowest BCUT2D eigenvalue weighted by Gasteiger charge is -2.29. The van der Waals surface area contributed by atoms with Crippen molar-refractivity contribution in [3.8, 4) is 0 Å². The molecular formula is C14H20FN3O. The maximum absolute atomic E-state index is 13.2. The minimum Gasteiger partial charge on any atom is -0.399 e. The summed E-state index contributed by atoms with van der Waals surface area (Å²) in [7, 11) is 2.08. The second-order valence-corrected chi connectivity index (χ2v) is 5.25. The van der Waals surface area contributed by atoms with Crippen LogP contribution in [0.2, 0.25) is 0 Å². The Labute approximate surface area is 112 Å². The minimum atomic E-state index is -0.484.